The molecule has 0 amide bonds. The minimum atomic E-state index is 0.617. The second-order valence-corrected chi connectivity index (χ2v) is 4.51. The van der Waals surface area contributed by atoms with Crippen LogP contribution < -0.4 is 0 Å². The van der Waals surface area contributed by atoms with Crippen LogP contribution in [0.4, 0.5) is 0 Å². The fourth-order valence-electron chi connectivity index (χ4n) is 2.92. The Bertz CT molecular complexity index is 166. The highest BCUT2D eigenvalue weighted by Crippen LogP contribution is 2.51. The first-order valence-corrected chi connectivity index (χ1v) is 5.43. The molecule has 0 aromatic heterocycles. The molecule has 0 aromatic carbocycles. The van der Waals surface area contributed by atoms with E-state index in [2.05, 4.69) is 20.8 Å². The molecule has 5 unspecified atom stereocenters. The van der Waals surface area contributed by atoms with Gasteiger partial charge in [-0.3, -0.25) is 0 Å². The molecule has 2 rings (SSSR count). The van der Waals surface area contributed by atoms with Crippen LogP contribution in [0.25, 0.3) is 0 Å². The zero-order valence-corrected chi connectivity index (χ0v) is 8.42. The summed E-state index contributed by atoms with van der Waals surface area (Å²) in [4.78, 5) is 0. The van der Waals surface area contributed by atoms with Gasteiger partial charge in [-0.25, -0.2) is 0 Å². The quantitative estimate of drug-likeness (QED) is 0.590. The highest BCUT2D eigenvalue weighted by Gasteiger charge is 2.52. The minimum Gasteiger partial charge on any atom is -0.369 e. The van der Waals surface area contributed by atoms with Crippen molar-refractivity contribution in [3.05, 3.63) is 0 Å². The van der Waals surface area contributed by atoms with Gasteiger partial charge in [0.05, 0.1) is 12.2 Å². The van der Waals surface area contributed by atoms with Crippen molar-refractivity contribution in [3.63, 3.8) is 0 Å². The average Bonchev–Trinajstić information content (AvgIpc) is 2.79. The lowest BCUT2D eigenvalue weighted by atomic mass is 9.62. The first-order valence-electron chi connectivity index (χ1n) is 5.43. The molecule has 1 saturated carbocycles. The molecule has 2 aliphatic rings. The summed E-state index contributed by atoms with van der Waals surface area (Å²) in [7, 11) is 0. The Morgan fingerprint density at radius 3 is 2.42 bits per heavy atom. The number of ether oxygens (including phenoxy) is 1. The fourth-order valence-corrected chi connectivity index (χ4v) is 2.92. The maximum Gasteiger partial charge on any atom is 0.0875 e. The molecule has 2 fully saturated rings. The van der Waals surface area contributed by atoms with E-state index in [9.17, 15) is 0 Å². The van der Waals surface area contributed by atoms with Gasteiger partial charge < -0.3 is 4.74 Å². The molecule has 1 saturated heterocycles. The summed E-state index contributed by atoms with van der Waals surface area (Å²) in [6.07, 6.45) is 5.27. The van der Waals surface area contributed by atoms with Gasteiger partial charge in [-0.2, -0.15) is 0 Å². The molecule has 1 heterocycles. The largest absolute Gasteiger partial charge is 0.369 e. The first kappa shape index (κ1) is 8.55. The average molecular weight is 168 g/mol. The monoisotopic (exact) mass is 168 g/mol. The molecule has 0 bridgehead atoms. The minimum absolute atomic E-state index is 0.617. The number of hydrogen-bond acceptors (Lipinski definition) is 1. The Labute approximate surface area is 75.5 Å². The number of rotatable bonds is 3. The van der Waals surface area contributed by atoms with Crippen LogP contribution in [0.5, 0.6) is 0 Å². The maximum atomic E-state index is 5.67. The second kappa shape index (κ2) is 3.02. The van der Waals surface area contributed by atoms with Crippen molar-refractivity contribution in [3.8, 4) is 0 Å². The van der Waals surface area contributed by atoms with E-state index in [-0.39, 0.29) is 0 Å². The van der Waals surface area contributed by atoms with E-state index in [1.54, 1.807) is 0 Å². The summed E-state index contributed by atoms with van der Waals surface area (Å²) < 4.78 is 5.67. The third kappa shape index (κ3) is 1.19. The van der Waals surface area contributed by atoms with E-state index in [0.29, 0.717) is 12.2 Å². The van der Waals surface area contributed by atoms with Gasteiger partial charge in [-0.15, -0.1) is 0 Å². The lowest BCUT2D eigenvalue weighted by molar-refractivity contribution is 0.0542. The molecule has 0 N–H and O–H groups in total. The van der Waals surface area contributed by atoms with E-state index in [4.69, 9.17) is 4.74 Å². The molecule has 12 heavy (non-hydrogen) atoms. The van der Waals surface area contributed by atoms with Crippen LogP contribution in [0.3, 0.4) is 0 Å². The molecule has 1 heteroatoms. The van der Waals surface area contributed by atoms with Gasteiger partial charge in [0.25, 0.3) is 0 Å². The Morgan fingerprint density at radius 1 is 1.25 bits per heavy atom. The van der Waals surface area contributed by atoms with Crippen LogP contribution in [0.1, 0.15) is 40.0 Å². The van der Waals surface area contributed by atoms with E-state index < -0.39 is 0 Å². The van der Waals surface area contributed by atoms with Gasteiger partial charge in [0.2, 0.25) is 0 Å². The van der Waals surface area contributed by atoms with Crippen molar-refractivity contribution in [2.75, 3.05) is 0 Å². The predicted molar refractivity (Wildman–Crippen MR) is 50.0 cm³/mol. The summed E-state index contributed by atoms with van der Waals surface area (Å²) in [5.74, 6) is 2.80. The van der Waals surface area contributed by atoms with Gasteiger partial charge in [0.15, 0.2) is 0 Å². The van der Waals surface area contributed by atoms with E-state index in [1.807, 2.05) is 0 Å². The lowest BCUT2D eigenvalue weighted by Crippen LogP contribution is -2.39. The molecule has 70 valence electrons. The summed E-state index contributed by atoms with van der Waals surface area (Å²) in [6.45, 7) is 6.92. The van der Waals surface area contributed by atoms with Crippen molar-refractivity contribution in [2.45, 2.75) is 52.2 Å². The topological polar surface area (TPSA) is 12.5 Å². The Balaban J connectivity index is 1.87. The Hall–Kier alpha value is -0.0400. The SMILES string of the molecule is CCC1CC(C)C1C1OC1CC. The van der Waals surface area contributed by atoms with Crippen molar-refractivity contribution >= 4 is 0 Å². The second-order valence-electron chi connectivity index (χ2n) is 4.51. The van der Waals surface area contributed by atoms with Gasteiger partial charge in [-0.05, 0) is 30.6 Å². The molecule has 0 radical (unpaired) electrons. The third-order valence-electron chi connectivity index (χ3n) is 3.80. The summed E-state index contributed by atoms with van der Waals surface area (Å²) in [5.41, 5.74) is 0. The summed E-state index contributed by atoms with van der Waals surface area (Å²) in [5, 5.41) is 0. The van der Waals surface area contributed by atoms with Crippen LogP contribution in [-0.4, -0.2) is 12.2 Å². The fraction of sp³-hybridized carbons (Fsp3) is 1.00. The highest BCUT2D eigenvalue weighted by molar-refractivity contribution is 5.00. The maximum absolute atomic E-state index is 5.67. The van der Waals surface area contributed by atoms with Gasteiger partial charge in [0, 0.05) is 0 Å². The summed E-state index contributed by atoms with van der Waals surface area (Å²) >= 11 is 0. The normalized spacial score (nSPS) is 51.8. The molecular weight excluding hydrogens is 148 g/mol. The van der Waals surface area contributed by atoms with Crippen molar-refractivity contribution < 1.29 is 4.74 Å². The van der Waals surface area contributed by atoms with Crippen LogP contribution in [-0.2, 0) is 4.74 Å². The van der Waals surface area contributed by atoms with E-state index in [0.717, 1.165) is 17.8 Å². The smallest absolute Gasteiger partial charge is 0.0875 e. The predicted octanol–water partition coefficient (Wildman–Crippen LogP) is 2.85. The van der Waals surface area contributed by atoms with Crippen LogP contribution in [0, 0.1) is 17.8 Å². The van der Waals surface area contributed by atoms with Crippen LogP contribution in [0.15, 0.2) is 0 Å². The zero-order valence-electron chi connectivity index (χ0n) is 8.42. The van der Waals surface area contributed by atoms with Gasteiger partial charge >= 0.3 is 0 Å². The zero-order chi connectivity index (χ0) is 8.72. The molecule has 0 aromatic rings. The number of hydrogen-bond donors (Lipinski definition) is 0. The standard InChI is InChI=1S/C11H20O/c1-4-8-6-7(3)10(8)11-9(5-2)12-11/h7-11H,4-6H2,1-3H3. The molecule has 1 nitrogen and oxygen atoms in total. The third-order valence-corrected chi connectivity index (χ3v) is 3.80. The Morgan fingerprint density at radius 2 is 2.00 bits per heavy atom. The highest BCUT2D eigenvalue weighted by atomic mass is 16.6. The lowest BCUT2D eigenvalue weighted by Gasteiger charge is -2.42. The van der Waals surface area contributed by atoms with E-state index in [1.165, 1.54) is 19.3 Å². The summed E-state index contributed by atoms with van der Waals surface area (Å²) in [6, 6.07) is 0. The van der Waals surface area contributed by atoms with Crippen molar-refractivity contribution in [2.24, 2.45) is 17.8 Å². The molecule has 1 aliphatic heterocycles. The first-order chi connectivity index (χ1) is 5.77. The van der Waals surface area contributed by atoms with Crippen molar-refractivity contribution in [1.82, 2.24) is 0 Å². The van der Waals surface area contributed by atoms with E-state index >= 15 is 0 Å². The number of epoxide rings is 1. The molecule has 1 aliphatic carbocycles. The molecular formula is C11H20O. The molecule has 5 atom stereocenters. The van der Waals surface area contributed by atoms with Crippen LogP contribution in [0.2, 0.25) is 0 Å². The Kier molecular flexibility index (Phi) is 2.16. The molecule has 0 spiro atoms. The van der Waals surface area contributed by atoms with Crippen molar-refractivity contribution in [1.29, 1.82) is 0 Å². The van der Waals surface area contributed by atoms with Gasteiger partial charge in [-0.1, -0.05) is 27.2 Å². The van der Waals surface area contributed by atoms with Gasteiger partial charge in [0.1, 0.15) is 0 Å². The van der Waals surface area contributed by atoms with Crippen LogP contribution >= 0.6 is 0 Å².